The molecule has 1 aromatic carbocycles. The van der Waals surface area contributed by atoms with E-state index in [0.29, 0.717) is 5.75 Å². The van der Waals surface area contributed by atoms with Gasteiger partial charge in [-0.15, -0.1) is 11.8 Å². The molecule has 1 aromatic heterocycles. The van der Waals surface area contributed by atoms with Gasteiger partial charge in [-0.1, -0.05) is 12.1 Å². The number of hydrogen-bond acceptors (Lipinski definition) is 4. The second-order valence-electron chi connectivity index (χ2n) is 4.23. The summed E-state index contributed by atoms with van der Waals surface area (Å²) in [5, 5.41) is 13.2. The molecule has 0 bridgehead atoms. The van der Waals surface area contributed by atoms with Crippen molar-refractivity contribution < 1.29 is 9.90 Å². The largest absolute Gasteiger partial charge is 0.480 e. The number of thioether (sulfide) groups is 1. The van der Waals surface area contributed by atoms with Gasteiger partial charge in [0.25, 0.3) is 0 Å². The van der Waals surface area contributed by atoms with Crippen LogP contribution in [0.1, 0.15) is 10.9 Å². The first-order chi connectivity index (χ1) is 8.74. The van der Waals surface area contributed by atoms with Crippen LogP contribution >= 0.6 is 11.8 Å². The minimum Gasteiger partial charge on any atom is -0.480 e. The zero-order valence-electron chi connectivity index (χ0n) is 9.54. The van der Waals surface area contributed by atoms with Crippen LogP contribution in [0.25, 0.3) is 10.9 Å². The average molecular weight is 260 g/mol. The number of benzene rings is 1. The summed E-state index contributed by atoms with van der Waals surface area (Å²) in [5.41, 5.74) is 2.06. The fourth-order valence-electron chi connectivity index (χ4n) is 2.06. The third-order valence-electron chi connectivity index (χ3n) is 3.01. The number of carboxylic acids is 1. The molecule has 1 aliphatic heterocycles. The lowest BCUT2D eigenvalue weighted by Crippen LogP contribution is -2.33. The fraction of sp³-hybridized carbons (Fsp3) is 0.231. The molecular weight excluding hydrogens is 248 g/mol. The molecule has 2 atom stereocenters. The number of carbonyl (C=O) groups is 1. The number of pyridine rings is 1. The molecule has 0 aliphatic carbocycles. The Morgan fingerprint density at radius 2 is 2.33 bits per heavy atom. The third kappa shape index (κ3) is 2.07. The van der Waals surface area contributed by atoms with Crippen molar-refractivity contribution in [2.75, 3.05) is 5.75 Å². The lowest BCUT2D eigenvalue weighted by atomic mass is 10.1. The first-order valence-corrected chi connectivity index (χ1v) is 6.74. The molecule has 0 amide bonds. The van der Waals surface area contributed by atoms with Crippen LogP contribution < -0.4 is 5.32 Å². The summed E-state index contributed by atoms with van der Waals surface area (Å²) in [4.78, 5) is 15.2. The molecule has 1 saturated heterocycles. The van der Waals surface area contributed by atoms with Crippen LogP contribution in [0.3, 0.4) is 0 Å². The Hall–Kier alpha value is -1.59. The van der Waals surface area contributed by atoms with E-state index in [-0.39, 0.29) is 5.37 Å². The average Bonchev–Trinajstić information content (AvgIpc) is 2.88. The van der Waals surface area contributed by atoms with Crippen LogP contribution in [0.5, 0.6) is 0 Å². The van der Waals surface area contributed by atoms with Gasteiger partial charge in [0.1, 0.15) is 6.04 Å². The molecule has 0 spiro atoms. The molecular formula is C13H12N2O2S. The first-order valence-electron chi connectivity index (χ1n) is 5.69. The van der Waals surface area contributed by atoms with Crippen LogP contribution in [0, 0.1) is 0 Å². The van der Waals surface area contributed by atoms with Gasteiger partial charge in [-0.05, 0) is 23.8 Å². The topological polar surface area (TPSA) is 62.2 Å². The smallest absolute Gasteiger partial charge is 0.321 e. The Balaban J connectivity index is 1.89. The summed E-state index contributed by atoms with van der Waals surface area (Å²) in [6.45, 7) is 0. The van der Waals surface area contributed by atoms with Crippen molar-refractivity contribution in [1.82, 2.24) is 10.3 Å². The Morgan fingerprint density at radius 3 is 3.11 bits per heavy atom. The third-order valence-corrected chi connectivity index (χ3v) is 4.28. The van der Waals surface area contributed by atoms with Crippen molar-refractivity contribution in [1.29, 1.82) is 0 Å². The standard InChI is InChI=1S/C13H12N2O2S/c16-13(17)11-7-18-12(15-11)9-3-4-10-8(6-9)2-1-5-14-10/h1-6,11-12,15H,7H2,(H,16,17). The second kappa shape index (κ2) is 4.59. The van der Waals surface area contributed by atoms with E-state index in [9.17, 15) is 4.79 Å². The monoisotopic (exact) mass is 260 g/mol. The molecule has 2 heterocycles. The molecule has 92 valence electrons. The zero-order valence-corrected chi connectivity index (χ0v) is 10.4. The van der Waals surface area contributed by atoms with Gasteiger partial charge in [0.05, 0.1) is 10.9 Å². The fourth-order valence-corrected chi connectivity index (χ4v) is 3.29. The van der Waals surface area contributed by atoms with Crippen LogP contribution in [0.15, 0.2) is 36.5 Å². The van der Waals surface area contributed by atoms with Crippen LogP contribution in [-0.2, 0) is 4.79 Å². The predicted octanol–water partition coefficient (Wildman–Crippen LogP) is 2.02. The molecule has 0 saturated carbocycles. The summed E-state index contributed by atoms with van der Waals surface area (Å²) in [6, 6.07) is 9.51. The van der Waals surface area contributed by atoms with E-state index in [1.807, 2.05) is 24.3 Å². The van der Waals surface area contributed by atoms with E-state index < -0.39 is 12.0 Å². The van der Waals surface area contributed by atoms with Crippen molar-refractivity contribution in [3.05, 3.63) is 42.1 Å². The van der Waals surface area contributed by atoms with Crippen LogP contribution in [-0.4, -0.2) is 27.9 Å². The number of rotatable bonds is 2. The summed E-state index contributed by atoms with van der Waals surface area (Å²) in [7, 11) is 0. The first kappa shape index (κ1) is 11.5. The maximum Gasteiger partial charge on any atom is 0.321 e. The van der Waals surface area contributed by atoms with Crippen molar-refractivity contribution in [2.45, 2.75) is 11.4 Å². The SMILES string of the molecule is O=C(O)C1CSC(c2ccc3ncccc3c2)N1. The van der Waals surface area contributed by atoms with Gasteiger partial charge < -0.3 is 5.11 Å². The minimum atomic E-state index is -0.785. The molecule has 5 heteroatoms. The molecule has 2 N–H and O–H groups in total. The zero-order chi connectivity index (χ0) is 12.5. The molecule has 3 rings (SSSR count). The van der Waals surface area contributed by atoms with E-state index in [4.69, 9.17) is 5.11 Å². The maximum atomic E-state index is 10.9. The Kier molecular flexibility index (Phi) is 2.93. The number of hydrogen-bond donors (Lipinski definition) is 2. The Morgan fingerprint density at radius 1 is 1.44 bits per heavy atom. The highest BCUT2D eigenvalue weighted by molar-refractivity contribution is 7.99. The van der Waals surface area contributed by atoms with Gasteiger partial charge >= 0.3 is 5.97 Å². The number of aromatic nitrogens is 1. The summed E-state index contributed by atoms with van der Waals surface area (Å²) in [6.07, 6.45) is 1.77. The van der Waals surface area contributed by atoms with E-state index in [1.165, 1.54) is 0 Å². The van der Waals surface area contributed by atoms with Crippen LogP contribution in [0.4, 0.5) is 0 Å². The quantitative estimate of drug-likeness (QED) is 0.865. The van der Waals surface area contributed by atoms with Gasteiger partial charge in [-0.25, -0.2) is 0 Å². The Bertz CT molecular complexity index is 602. The number of nitrogens with one attached hydrogen (secondary N) is 1. The van der Waals surface area contributed by atoms with Gasteiger partial charge in [0.2, 0.25) is 0 Å². The van der Waals surface area contributed by atoms with Gasteiger partial charge in [0.15, 0.2) is 0 Å². The highest BCUT2D eigenvalue weighted by atomic mass is 32.2. The number of nitrogens with zero attached hydrogens (tertiary/aromatic N) is 1. The van der Waals surface area contributed by atoms with Gasteiger partial charge in [-0.2, -0.15) is 0 Å². The van der Waals surface area contributed by atoms with Gasteiger partial charge in [-0.3, -0.25) is 15.1 Å². The molecule has 2 aromatic rings. The Labute approximate surface area is 108 Å². The molecule has 1 aliphatic rings. The molecule has 0 radical (unpaired) electrons. The second-order valence-corrected chi connectivity index (χ2v) is 5.36. The normalized spacial score (nSPS) is 23.3. The molecule has 2 unspecified atom stereocenters. The molecule has 18 heavy (non-hydrogen) atoms. The van der Waals surface area contributed by atoms with E-state index in [0.717, 1.165) is 16.5 Å². The maximum absolute atomic E-state index is 10.9. The van der Waals surface area contributed by atoms with E-state index >= 15 is 0 Å². The van der Waals surface area contributed by atoms with Gasteiger partial charge in [0, 0.05) is 17.3 Å². The van der Waals surface area contributed by atoms with E-state index in [2.05, 4.69) is 16.4 Å². The highest BCUT2D eigenvalue weighted by Gasteiger charge is 2.30. The van der Waals surface area contributed by atoms with Crippen molar-refractivity contribution in [3.63, 3.8) is 0 Å². The number of aliphatic carboxylic acids is 1. The summed E-state index contributed by atoms with van der Waals surface area (Å²) >= 11 is 1.63. The minimum absolute atomic E-state index is 0.0516. The highest BCUT2D eigenvalue weighted by Crippen LogP contribution is 2.33. The summed E-state index contributed by atoms with van der Waals surface area (Å²) in [5.74, 6) is -0.183. The van der Waals surface area contributed by atoms with Crippen molar-refractivity contribution in [3.8, 4) is 0 Å². The lowest BCUT2D eigenvalue weighted by molar-refractivity contribution is -0.138. The predicted molar refractivity (Wildman–Crippen MR) is 71.5 cm³/mol. The van der Waals surface area contributed by atoms with Crippen molar-refractivity contribution in [2.24, 2.45) is 0 Å². The lowest BCUT2D eigenvalue weighted by Gasteiger charge is -2.11. The number of carboxylic acid groups (broad SMARTS) is 1. The number of fused-ring (bicyclic) bond motifs is 1. The van der Waals surface area contributed by atoms with Crippen LogP contribution in [0.2, 0.25) is 0 Å². The van der Waals surface area contributed by atoms with Crippen molar-refractivity contribution >= 4 is 28.6 Å². The van der Waals surface area contributed by atoms with E-state index in [1.54, 1.807) is 18.0 Å². The molecule has 1 fully saturated rings. The molecule has 4 nitrogen and oxygen atoms in total. The summed E-state index contributed by atoms with van der Waals surface area (Å²) < 4.78 is 0.